The molecule has 1 aliphatic heterocycles. The third kappa shape index (κ3) is 5.74. The molecule has 0 N–H and O–H groups in total. The van der Waals surface area contributed by atoms with Crippen molar-refractivity contribution in [2.24, 2.45) is 0 Å². The van der Waals surface area contributed by atoms with Gasteiger partial charge in [-0.15, -0.1) is 0 Å². The van der Waals surface area contributed by atoms with Gasteiger partial charge in [-0.1, -0.05) is 0 Å². The lowest BCUT2D eigenvalue weighted by Gasteiger charge is -2.32. The molecule has 1 heterocycles. The Morgan fingerprint density at radius 3 is 2.52 bits per heavy atom. The minimum Gasteiger partial charge on any atom is -0.464 e. The predicted molar refractivity (Wildman–Crippen MR) is 85.8 cm³/mol. The van der Waals surface area contributed by atoms with E-state index in [1.54, 1.807) is 4.90 Å². The quantitative estimate of drug-likeness (QED) is 0.578. The molecular weight excluding hydrogens is 322 g/mol. The summed E-state index contributed by atoms with van der Waals surface area (Å²) in [5.74, 6) is -0.347. The lowest BCUT2D eigenvalue weighted by molar-refractivity contribution is -0.146. The number of amides is 1. The van der Waals surface area contributed by atoms with Crippen molar-refractivity contribution in [3.05, 3.63) is 0 Å². The van der Waals surface area contributed by atoms with Gasteiger partial charge in [0, 0.05) is 46.7 Å². The van der Waals surface area contributed by atoms with Crippen molar-refractivity contribution < 1.29 is 22.7 Å². The molecule has 0 aliphatic carbocycles. The van der Waals surface area contributed by atoms with E-state index in [2.05, 4.69) is 0 Å². The Kier molecular flexibility index (Phi) is 7.43. The van der Waals surface area contributed by atoms with Gasteiger partial charge in [-0.2, -0.15) is 17.0 Å². The molecule has 1 fully saturated rings. The molecule has 1 aliphatic rings. The molecule has 1 rings (SSSR count). The average molecular weight is 349 g/mol. The van der Waals surface area contributed by atoms with Crippen molar-refractivity contribution >= 4 is 22.1 Å². The van der Waals surface area contributed by atoms with Crippen LogP contribution in [0.25, 0.3) is 0 Å². The van der Waals surface area contributed by atoms with E-state index < -0.39 is 16.2 Å². The summed E-state index contributed by atoms with van der Waals surface area (Å²) >= 11 is 0. The van der Waals surface area contributed by atoms with Crippen molar-refractivity contribution in [3.63, 3.8) is 0 Å². The second kappa shape index (κ2) is 8.60. The Balaban J connectivity index is 2.35. The van der Waals surface area contributed by atoms with Gasteiger partial charge >= 0.3 is 5.97 Å². The van der Waals surface area contributed by atoms with Gasteiger partial charge in [0.1, 0.15) is 6.61 Å². The zero-order valence-electron chi connectivity index (χ0n) is 14.3. The maximum Gasteiger partial charge on any atom is 0.307 e. The number of hydrogen-bond donors (Lipinski definition) is 0. The van der Waals surface area contributed by atoms with Crippen molar-refractivity contribution in [3.8, 4) is 0 Å². The normalized spacial score (nSPS) is 17.7. The summed E-state index contributed by atoms with van der Waals surface area (Å²) in [4.78, 5) is 25.3. The van der Waals surface area contributed by atoms with Crippen LogP contribution in [0.2, 0.25) is 0 Å². The highest BCUT2D eigenvalue weighted by Gasteiger charge is 2.25. The van der Waals surface area contributed by atoms with Crippen LogP contribution in [0.3, 0.4) is 0 Å². The highest BCUT2D eigenvalue weighted by molar-refractivity contribution is 7.86. The molecule has 0 aromatic carbocycles. The van der Waals surface area contributed by atoms with E-state index in [4.69, 9.17) is 4.74 Å². The number of rotatable bonds is 8. The minimum atomic E-state index is -3.50. The zero-order valence-corrected chi connectivity index (χ0v) is 15.1. The molecule has 1 atom stereocenters. The summed E-state index contributed by atoms with van der Waals surface area (Å²) in [6.07, 6.45) is 2.51. The van der Waals surface area contributed by atoms with E-state index in [0.29, 0.717) is 13.0 Å². The van der Waals surface area contributed by atoms with Gasteiger partial charge in [0.15, 0.2) is 0 Å². The predicted octanol–water partition coefficient (Wildman–Crippen LogP) is 0.0589. The van der Waals surface area contributed by atoms with Crippen LogP contribution >= 0.6 is 0 Å². The Morgan fingerprint density at radius 1 is 1.30 bits per heavy atom. The van der Waals surface area contributed by atoms with Crippen LogP contribution < -0.4 is 0 Å². The molecular formula is C14H27N3O5S. The molecule has 1 amide bonds. The average Bonchev–Trinajstić information content (AvgIpc) is 2.47. The SMILES string of the molecule is C[C@@H](CC(=O)OCCN(C)S(=O)(=O)N(C)C)N1CCCCC1=O. The van der Waals surface area contributed by atoms with Crippen LogP contribution in [0.1, 0.15) is 32.6 Å². The first-order chi connectivity index (χ1) is 10.7. The first-order valence-corrected chi connectivity index (χ1v) is 9.15. The monoisotopic (exact) mass is 349 g/mol. The number of carbonyl (C=O) groups is 2. The van der Waals surface area contributed by atoms with Gasteiger partial charge in [-0.05, 0) is 19.8 Å². The molecule has 134 valence electrons. The van der Waals surface area contributed by atoms with Crippen LogP contribution in [-0.4, -0.2) is 80.7 Å². The van der Waals surface area contributed by atoms with Crippen LogP contribution in [-0.2, 0) is 24.5 Å². The summed E-state index contributed by atoms with van der Waals surface area (Å²) in [7, 11) is 0.808. The van der Waals surface area contributed by atoms with Gasteiger partial charge in [-0.3, -0.25) is 9.59 Å². The maximum atomic E-state index is 11.8. The summed E-state index contributed by atoms with van der Waals surface area (Å²) in [6.45, 7) is 2.58. The van der Waals surface area contributed by atoms with E-state index >= 15 is 0 Å². The van der Waals surface area contributed by atoms with Crippen molar-refractivity contribution in [2.75, 3.05) is 40.8 Å². The number of piperidine rings is 1. The standard InChI is InChI=1S/C14H27N3O5S/c1-12(17-8-6-5-7-13(17)18)11-14(19)22-10-9-16(4)23(20,21)15(2)3/h12H,5-11H2,1-4H3/t12-/m0/s1. The zero-order chi connectivity index (χ0) is 17.6. The topological polar surface area (TPSA) is 87.2 Å². The van der Waals surface area contributed by atoms with Crippen LogP contribution in [0.5, 0.6) is 0 Å². The number of likely N-dealkylation sites (tertiary alicyclic amines) is 1. The second-order valence-corrected chi connectivity index (χ2v) is 8.18. The second-order valence-electron chi connectivity index (χ2n) is 5.93. The smallest absolute Gasteiger partial charge is 0.307 e. The molecule has 0 radical (unpaired) electrons. The highest BCUT2D eigenvalue weighted by atomic mass is 32.2. The number of nitrogens with zero attached hydrogens (tertiary/aromatic N) is 3. The van der Waals surface area contributed by atoms with Crippen molar-refractivity contribution in [1.82, 2.24) is 13.5 Å². The lowest BCUT2D eigenvalue weighted by atomic mass is 10.1. The van der Waals surface area contributed by atoms with Gasteiger partial charge < -0.3 is 9.64 Å². The molecule has 0 bridgehead atoms. The molecule has 0 aromatic heterocycles. The third-order valence-electron chi connectivity index (χ3n) is 3.88. The first-order valence-electron chi connectivity index (χ1n) is 7.75. The summed E-state index contributed by atoms with van der Waals surface area (Å²) in [5.41, 5.74) is 0. The van der Waals surface area contributed by atoms with E-state index in [1.165, 1.54) is 21.1 Å². The van der Waals surface area contributed by atoms with Crippen LogP contribution in [0, 0.1) is 0 Å². The molecule has 1 saturated heterocycles. The van der Waals surface area contributed by atoms with Crippen molar-refractivity contribution in [1.29, 1.82) is 0 Å². The number of esters is 1. The van der Waals surface area contributed by atoms with E-state index in [-0.39, 0.29) is 31.5 Å². The fourth-order valence-electron chi connectivity index (χ4n) is 2.39. The summed E-state index contributed by atoms with van der Waals surface area (Å²) in [5, 5.41) is 0. The molecule has 9 heteroatoms. The Morgan fingerprint density at radius 2 is 1.96 bits per heavy atom. The fraction of sp³-hybridized carbons (Fsp3) is 0.857. The molecule has 0 saturated carbocycles. The number of ether oxygens (including phenoxy) is 1. The van der Waals surface area contributed by atoms with Crippen molar-refractivity contribution in [2.45, 2.75) is 38.6 Å². The molecule has 23 heavy (non-hydrogen) atoms. The maximum absolute atomic E-state index is 11.8. The largest absolute Gasteiger partial charge is 0.464 e. The molecule has 0 unspecified atom stereocenters. The lowest BCUT2D eigenvalue weighted by Crippen LogP contribution is -2.43. The summed E-state index contributed by atoms with van der Waals surface area (Å²) in [6, 6.07) is -0.196. The highest BCUT2D eigenvalue weighted by Crippen LogP contribution is 2.15. The van der Waals surface area contributed by atoms with Gasteiger partial charge in [0.25, 0.3) is 10.2 Å². The van der Waals surface area contributed by atoms with Crippen LogP contribution in [0.15, 0.2) is 0 Å². The van der Waals surface area contributed by atoms with Gasteiger partial charge in [0.05, 0.1) is 6.42 Å². The number of carbonyl (C=O) groups excluding carboxylic acids is 2. The van der Waals surface area contributed by atoms with E-state index in [0.717, 1.165) is 21.5 Å². The Bertz CT molecular complexity index is 521. The fourth-order valence-corrected chi connectivity index (χ4v) is 3.25. The first kappa shape index (κ1) is 19.9. The van der Waals surface area contributed by atoms with Gasteiger partial charge in [0.2, 0.25) is 5.91 Å². The number of hydrogen-bond acceptors (Lipinski definition) is 5. The Hall–Kier alpha value is -1.19. The number of likely N-dealkylation sites (N-methyl/N-ethyl adjacent to an activating group) is 1. The van der Waals surface area contributed by atoms with Crippen LogP contribution in [0.4, 0.5) is 0 Å². The van der Waals surface area contributed by atoms with Gasteiger partial charge in [-0.25, -0.2) is 0 Å². The minimum absolute atomic E-state index is 0.0108. The van der Waals surface area contributed by atoms with E-state index in [9.17, 15) is 18.0 Å². The van der Waals surface area contributed by atoms with E-state index in [1.807, 2.05) is 6.92 Å². The molecule has 0 aromatic rings. The Labute approximate surface area is 138 Å². The third-order valence-corrected chi connectivity index (χ3v) is 5.77. The molecule has 8 nitrogen and oxygen atoms in total. The molecule has 0 spiro atoms. The summed E-state index contributed by atoms with van der Waals surface area (Å²) < 4.78 is 30.9.